The number of nitrogens with zero attached hydrogens (tertiary/aromatic N) is 3. The summed E-state index contributed by atoms with van der Waals surface area (Å²) in [4.78, 5) is 11.1. The van der Waals surface area contributed by atoms with Crippen LogP contribution in [0.25, 0.3) is 4.96 Å². The number of hydrogen-bond donors (Lipinski definition) is 2. The van der Waals surface area contributed by atoms with E-state index in [9.17, 15) is 0 Å². The minimum absolute atomic E-state index is 0. The molecule has 0 amide bonds. The van der Waals surface area contributed by atoms with Gasteiger partial charge in [-0.3, -0.25) is 9.39 Å². The number of thioether (sulfide) groups is 1. The van der Waals surface area contributed by atoms with Gasteiger partial charge in [0, 0.05) is 41.5 Å². The van der Waals surface area contributed by atoms with Gasteiger partial charge >= 0.3 is 0 Å². The van der Waals surface area contributed by atoms with E-state index in [1.54, 1.807) is 18.4 Å². The van der Waals surface area contributed by atoms with Crippen LogP contribution in [0.3, 0.4) is 0 Å². The number of thiazole rings is 1. The predicted octanol–water partition coefficient (Wildman–Crippen LogP) is 3.86. The molecule has 0 spiro atoms. The van der Waals surface area contributed by atoms with Crippen LogP contribution in [0.2, 0.25) is 0 Å². The Morgan fingerprint density at radius 2 is 2.12 bits per heavy atom. The molecular weight excluding hydrogens is 465 g/mol. The summed E-state index contributed by atoms with van der Waals surface area (Å²) in [5.41, 5.74) is 1.01. The number of benzene rings is 1. The third-order valence-electron chi connectivity index (χ3n) is 3.44. The molecule has 0 saturated heterocycles. The van der Waals surface area contributed by atoms with Crippen molar-refractivity contribution in [2.24, 2.45) is 4.99 Å². The molecule has 3 aromatic rings. The van der Waals surface area contributed by atoms with Crippen LogP contribution in [-0.2, 0) is 6.54 Å². The van der Waals surface area contributed by atoms with Crippen molar-refractivity contribution in [1.82, 2.24) is 20.0 Å². The molecule has 134 valence electrons. The molecule has 0 fully saturated rings. The quantitative estimate of drug-likeness (QED) is 0.240. The molecule has 2 heterocycles. The first-order valence-electron chi connectivity index (χ1n) is 7.82. The normalized spacial score (nSPS) is 12.6. The van der Waals surface area contributed by atoms with Crippen LogP contribution in [0, 0.1) is 0 Å². The zero-order chi connectivity index (χ0) is 16.8. The smallest absolute Gasteiger partial charge is 0.193 e. The SMILES string of the molecule is CN=C(NCc1cn2ccsc2n1)NCC(C)Sc1ccccc1.I. The number of halogens is 1. The zero-order valence-corrected chi connectivity index (χ0v) is 18.1. The summed E-state index contributed by atoms with van der Waals surface area (Å²) in [6.07, 6.45) is 4.06. The molecule has 2 aromatic heterocycles. The fraction of sp³-hybridized carbons (Fsp3) is 0.294. The molecule has 0 radical (unpaired) electrons. The maximum atomic E-state index is 4.56. The van der Waals surface area contributed by atoms with Crippen molar-refractivity contribution < 1.29 is 0 Å². The Hall–Kier alpha value is -1.26. The lowest BCUT2D eigenvalue weighted by atomic mass is 10.4. The number of aromatic nitrogens is 2. The van der Waals surface area contributed by atoms with E-state index in [1.807, 2.05) is 40.0 Å². The Kier molecular flexibility index (Phi) is 8.04. The monoisotopic (exact) mass is 487 g/mol. The summed E-state index contributed by atoms with van der Waals surface area (Å²) in [7, 11) is 1.79. The molecule has 0 aliphatic rings. The third-order valence-corrected chi connectivity index (χ3v) is 5.33. The minimum Gasteiger partial charge on any atom is -0.355 e. The molecule has 5 nitrogen and oxygen atoms in total. The highest BCUT2D eigenvalue weighted by molar-refractivity contribution is 14.0. The highest BCUT2D eigenvalue weighted by Crippen LogP contribution is 2.21. The summed E-state index contributed by atoms with van der Waals surface area (Å²) in [6, 6.07) is 10.5. The molecule has 1 aromatic carbocycles. The van der Waals surface area contributed by atoms with Crippen LogP contribution >= 0.6 is 47.1 Å². The van der Waals surface area contributed by atoms with E-state index in [2.05, 4.69) is 51.8 Å². The van der Waals surface area contributed by atoms with Crippen molar-refractivity contribution >= 4 is 58.0 Å². The summed E-state index contributed by atoms with van der Waals surface area (Å²) in [6.45, 7) is 3.72. The van der Waals surface area contributed by atoms with Crippen LogP contribution in [0.5, 0.6) is 0 Å². The van der Waals surface area contributed by atoms with Gasteiger partial charge in [-0.25, -0.2) is 4.98 Å². The van der Waals surface area contributed by atoms with Gasteiger partial charge in [-0.15, -0.1) is 47.1 Å². The Balaban J connectivity index is 0.00000225. The molecule has 3 rings (SSSR count). The van der Waals surface area contributed by atoms with E-state index in [4.69, 9.17) is 0 Å². The number of nitrogens with one attached hydrogen (secondary N) is 2. The van der Waals surface area contributed by atoms with Crippen LogP contribution in [0.4, 0.5) is 0 Å². The maximum Gasteiger partial charge on any atom is 0.193 e. The van der Waals surface area contributed by atoms with E-state index in [0.29, 0.717) is 11.8 Å². The van der Waals surface area contributed by atoms with E-state index < -0.39 is 0 Å². The van der Waals surface area contributed by atoms with Crippen molar-refractivity contribution in [2.75, 3.05) is 13.6 Å². The van der Waals surface area contributed by atoms with Gasteiger partial charge in [0.05, 0.1) is 12.2 Å². The van der Waals surface area contributed by atoms with Crippen LogP contribution < -0.4 is 10.6 Å². The number of aliphatic imine (C=N–C) groups is 1. The molecule has 0 saturated carbocycles. The fourth-order valence-electron chi connectivity index (χ4n) is 2.27. The summed E-state index contributed by atoms with van der Waals surface area (Å²) >= 11 is 3.49. The van der Waals surface area contributed by atoms with Gasteiger partial charge < -0.3 is 10.6 Å². The van der Waals surface area contributed by atoms with Gasteiger partial charge in [0.2, 0.25) is 0 Å². The summed E-state index contributed by atoms with van der Waals surface area (Å²) < 4.78 is 2.04. The van der Waals surface area contributed by atoms with Crippen molar-refractivity contribution in [1.29, 1.82) is 0 Å². The molecule has 25 heavy (non-hydrogen) atoms. The first-order chi connectivity index (χ1) is 11.7. The molecule has 0 aliphatic heterocycles. The molecule has 0 aliphatic carbocycles. The Bertz CT molecular complexity index is 771. The summed E-state index contributed by atoms with van der Waals surface area (Å²) in [5, 5.41) is 9.17. The largest absolute Gasteiger partial charge is 0.355 e. The number of rotatable bonds is 6. The Morgan fingerprint density at radius 3 is 2.84 bits per heavy atom. The van der Waals surface area contributed by atoms with Gasteiger partial charge in [-0.05, 0) is 12.1 Å². The highest BCUT2D eigenvalue weighted by atomic mass is 127. The fourth-order valence-corrected chi connectivity index (χ4v) is 3.93. The molecular formula is C17H22IN5S2. The second-order valence-electron chi connectivity index (χ2n) is 5.37. The minimum atomic E-state index is 0. The van der Waals surface area contributed by atoms with Crippen LogP contribution in [-0.4, -0.2) is 34.2 Å². The van der Waals surface area contributed by atoms with E-state index in [1.165, 1.54) is 4.90 Å². The van der Waals surface area contributed by atoms with E-state index in [-0.39, 0.29) is 24.0 Å². The predicted molar refractivity (Wildman–Crippen MR) is 118 cm³/mol. The average Bonchev–Trinajstić information content (AvgIpc) is 3.17. The van der Waals surface area contributed by atoms with Crippen molar-refractivity contribution in [3.63, 3.8) is 0 Å². The Labute approximate surface area is 173 Å². The van der Waals surface area contributed by atoms with E-state index in [0.717, 1.165) is 23.2 Å². The first-order valence-corrected chi connectivity index (χ1v) is 9.58. The van der Waals surface area contributed by atoms with Gasteiger partial charge in [0.1, 0.15) is 0 Å². The van der Waals surface area contributed by atoms with Crippen LogP contribution in [0.15, 0.2) is 58.0 Å². The molecule has 2 N–H and O–H groups in total. The van der Waals surface area contributed by atoms with Crippen molar-refractivity contribution in [3.8, 4) is 0 Å². The molecule has 1 unspecified atom stereocenters. The van der Waals surface area contributed by atoms with Gasteiger partial charge in [-0.1, -0.05) is 25.1 Å². The second kappa shape index (κ2) is 10.0. The lowest BCUT2D eigenvalue weighted by Crippen LogP contribution is -2.39. The van der Waals surface area contributed by atoms with Gasteiger partial charge in [0.25, 0.3) is 0 Å². The number of hydrogen-bond acceptors (Lipinski definition) is 4. The highest BCUT2D eigenvalue weighted by Gasteiger charge is 2.07. The first kappa shape index (κ1) is 20.1. The molecule has 0 bridgehead atoms. The topological polar surface area (TPSA) is 53.7 Å². The third kappa shape index (κ3) is 5.89. The second-order valence-corrected chi connectivity index (χ2v) is 7.76. The Morgan fingerprint density at radius 1 is 1.32 bits per heavy atom. The van der Waals surface area contributed by atoms with Crippen molar-refractivity contribution in [3.05, 3.63) is 53.8 Å². The molecule has 8 heteroatoms. The molecule has 1 atom stereocenters. The van der Waals surface area contributed by atoms with Crippen LogP contribution in [0.1, 0.15) is 12.6 Å². The standard InChI is InChI=1S/C17H21N5S2.HI/c1-13(24-15-6-4-3-5-7-15)10-19-16(18-2)20-11-14-12-22-8-9-23-17(22)21-14;/h3-9,12-13H,10-11H2,1-2H3,(H2,18,19,20);1H. The van der Waals surface area contributed by atoms with Gasteiger partial charge in [-0.2, -0.15) is 0 Å². The number of imidazole rings is 1. The summed E-state index contributed by atoms with van der Waals surface area (Å²) in [5.74, 6) is 0.798. The number of guanidine groups is 1. The maximum absolute atomic E-state index is 4.56. The van der Waals surface area contributed by atoms with Gasteiger partial charge in [0.15, 0.2) is 10.9 Å². The van der Waals surface area contributed by atoms with Crippen molar-refractivity contribution in [2.45, 2.75) is 23.6 Å². The lowest BCUT2D eigenvalue weighted by molar-refractivity contribution is 0.783. The lowest BCUT2D eigenvalue weighted by Gasteiger charge is -2.15. The number of fused-ring (bicyclic) bond motifs is 1. The zero-order valence-electron chi connectivity index (χ0n) is 14.2. The van der Waals surface area contributed by atoms with E-state index >= 15 is 0 Å². The average molecular weight is 487 g/mol.